The fourth-order valence-corrected chi connectivity index (χ4v) is 1.79. The Bertz CT molecular complexity index is 360. The largest absolute Gasteiger partial charge is 0.411 e. The minimum Gasteiger partial charge on any atom is -0.411 e. The summed E-state index contributed by atoms with van der Waals surface area (Å²) in [6.45, 7) is 2.46. The van der Waals surface area contributed by atoms with E-state index in [0.29, 0.717) is 12.3 Å². The molecule has 2 rings (SSSR count). The van der Waals surface area contributed by atoms with Gasteiger partial charge in [-0.15, -0.1) is 0 Å². The van der Waals surface area contributed by atoms with Crippen molar-refractivity contribution in [1.82, 2.24) is 0 Å². The van der Waals surface area contributed by atoms with E-state index in [4.69, 9.17) is 9.94 Å². The highest BCUT2D eigenvalue weighted by Crippen LogP contribution is 2.27. The van der Waals surface area contributed by atoms with Crippen LogP contribution in [-0.2, 0) is 11.2 Å². The normalized spacial score (nSPS) is 21.8. The third kappa shape index (κ3) is 1.51. The van der Waals surface area contributed by atoms with E-state index in [0.717, 1.165) is 12.0 Å². The molecule has 1 aromatic carbocycles. The lowest BCUT2D eigenvalue weighted by Gasteiger charge is -2.25. The lowest BCUT2D eigenvalue weighted by atomic mass is 9.95. The summed E-state index contributed by atoms with van der Waals surface area (Å²) in [5, 5.41) is 11.9. The molecule has 0 fully saturated rings. The Labute approximate surface area is 83.0 Å². The zero-order valence-corrected chi connectivity index (χ0v) is 8.10. The third-order valence-electron chi connectivity index (χ3n) is 2.53. The molecule has 0 aliphatic carbocycles. The number of fused-ring (bicyclic) bond motifs is 1. The molecule has 1 aliphatic heterocycles. The van der Waals surface area contributed by atoms with Crippen LogP contribution in [0.15, 0.2) is 29.4 Å². The van der Waals surface area contributed by atoms with E-state index in [2.05, 4.69) is 11.2 Å². The fraction of sp³-hybridized carbons (Fsp3) is 0.364. The van der Waals surface area contributed by atoms with Gasteiger partial charge < -0.3 is 9.94 Å². The number of benzene rings is 1. The number of rotatable bonds is 1. The van der Waals surface area contributed by atoms with Crippen molar-refractivity contribution in [2.24, 2.45) is 5.16 Å². The van der Waals surface area contributed by atoms with Crippen molar-refractivity contribution in [2.45, 2.75) is 19.4 Å². The van der Waals surface area contributed by atoms with Gasteiger partial charge in [0.05, 0.1) is 12.3 Å². The van der Waals surface area contributed by atoms with Crippen molar-refractivity contribution in [3.63, 3.8) is 0 Å². The first kappa shape index (κ1) is 9.21. The molecule has 1 atom stereocenters. The minimum absolute atomic E-state index is 0.176. The summed E-state index contributed by atoms with van der Waals surface area (Å²) in [5.74, 6) is 0. The maximum atomic E-state index is 8.72. The quantitative estimate of drug-likeness (QED) is 0.420. The molecule has 3 nitrogen and oxygen atoms in total. The summed E-state index contributed by atoms with van der Waals surface area (Å²) in [4.78, 5) is 0. The molecule has 0 saturated heterocycles. The van der Waals surface area contributed by atoms with Gasteiger partial charge in [-0.25, -0.2) is 0 Å². The molecule has 0 radical (unpaired) electrons. The summed E-state index contributed by atoms with van der Waals surface area (Å²) in [6.07, 6.45) is 0.760. The van der Waals surface area contributed by atoms with Crippen molar-refractivity contribution in [3.8, 4) is 0 Å². The summed E-state index contributed by atoms with van der Waals surface area (Å²) in [6, 6.07) is 8.11. The Kier molecular flexibility index (Phi) is 2.50. The lowest BCUT2D eigenvalue weighted by Crippen LogP contribution is -2.21. The van der Waals surface area contributed by atoms with Crippen LogP contribution in [0.4, 0.5) is 0 Å². The molecule has 0 unspecified atom stereocenters. The Morgan fingerprint density at radius 3 is 3.07 bits per heavy atom. The van der Waals surface area contributed by atoms with Gasteiger partial charge in [0, 0.05) is 0 Å². The summed E-state index contributed by atoms with van der Waals surface area (Å²) < 4.78 is 5.57. The highest BCUT2D eigenvalue weighted by molar-refractivity contribution is 5.87. The Balaban J connectivity index is 2.40. The van der Waals surface area contributed by atoms with Crippen LogP contribution < -0.4 is 0 Å². The zero-order chi connectivity index (χ0) is 9.97. The molecule has 0 spiro atoms. The molecule has 1 N–H and O–H groups in total. The first-order valence-electron chi connectivity index (χ1n) is 4.71. The summed E-state index contributed by atoms with van der Waals surface area (Å²) in [7, 11) is 0. The van der Waals surface area contributed by atoms with Gasteiger partial charge in [0.15, 0.2) is 0 Å². The molecule has 14 heavy (non-hydrogen) atoms. The maximum absolute atomic E-state index is 8.72. The van der Waals surface area contributed by atoms with Gasteiger partial charge >= 0.3 is 0 Å². The molecule has 3 heteroatoms. The predicted octanol–water partition coefficient (Wildman–Crippen LogP) is 2.15. The first-order chi connectivity index (χ1) is 6.83. The minimum atomic E-state index is -0.176. The molecule has 1 aromatic rings. The van der Waals surface area contributed by atoms with Gasteiger partial charge in [-0.2, -0.15) is 0 Å². The van der Waals surface area contributed by atoms with Crippen LogP contribution in [0.25, 0.3) is 0 Å². The maximum Gasteiger partial charge on any atom is 0.124 e. The van der Waals surface area contributed by atoms with Gasteiger partial charge in [0.1, 0.15) is 6.10 Å². The Morgan fingerprint density at radius 1 is 1.50 bits per heavy atom. The van der Waals surface area contributed by atoms with Crippen molar-refractivity contribution in [1.29, 1.82) is 0 Å². The van der Waals surface area contributed by atoms with E-state index in [-0.39, 0.29) is 6.10 Å². The van der Waals surface area contributed by atoms with E-state index < -0.39 is 0 Å². The van der Waals surface area contributed by atoms with E-state index in [1.165, 1.54) is 5.56 Å². The Hall–Kier alpha value is -1.35. The second-order valence-corrected chi connectivity index (χ2v) is 3.44. The number of nitrogens with zero attached hydrogens (tertiary/aromatic N) is 1. The molecular formula is C11H13NO2. The second kappa shape index (κ2) is 3.80. The molecule has 1 aliphatic rings. The topological polar surface area (TPSA) is 41.8 Å². The fourth-order valence-electron chi connectivity index (χ4n) is 1.79. The van der Waals surface area contributed by atoms with Crippen LogP contribution in [0.5, 0.6) is 0 Å². The third-order valence-corrected chi connectivity index (χ3v) is 2.53. The average molecular weight is 191 g/mol. The van der Waals surface area contributed by atoms with Crippen LogP contribution >= 0.6 is 0 Å². The zero-order valence-electron chi connectivity index (χ0n) is 8.10. The van der Waals surface area contributed by atoms with Gasteiger partial charge in [0.25, 0.3) is 0 Å². The highest BCUT2D eigenvalue weighted by Gasteiger charge is 2.22. The molecule has 0 aromatic heterocycles. The number of hydrogen-bond donors (Lipinski definition) is 1. The van der Waals surface area contributed by atoms with Gasteiger partial charge in [-0.3, -0.25) is 0 Å². The SMILES string of the molecule is C/C(=N/O)[C@H]1OCCc2ccccc21. The van der Waals surface area contributed by atoms with Crippen LogP contribution in [0.3, 0.4) is 0 Å². The van der Waals surface area contributed by atoms with Crippen molar-refractivity contribution in [3.05, 3.63) is 35.4 Å². The van der Waals surface area contributed by atoms with Crippen LogP contribution in [0, 0.1) is 0 Å². The molecule has 74 valence electrons. The van der Waals surface area contributed by atoms with E-state index >= 15 is 0 Å². The first-order valence-corrected chi connectivity index (χ1v) is 4.71. The molecule has 0 bridgehead atoms. The summed E-state index contributed by atoms with van der Waals surface area (Å²) >= 11 is 0. The lowest BCUT2D eigenvalue weighted by molar-refractivity contribution is 0.0848. The number of oxime groups is 1. The van der Waals surface area contributed by atoms with Crippen LogP contribution in [-0.4, -0.2) is 17.5 Å². The van der Waals surface area contributed by atoms with Crippen LogP contribution in [0.1, 0.15) is 24.2 Å². The predicted molar refractivity (Wildman–Crippen MR) is 53.7 cm³/mol. The highest BCUT2D eigenvalue weighted by atomic mass is 16.5. The Morgan fingerprint density at radius 2 is 2.29 bits per heavy atom. The van der Waals surface area contributed by atoms with Crippen molar-refractivity contribution in [2.75, 3.05) is 6.61 Å². The molecular weight excluding hydrogens is 178 g/mol. The summed E-state index contributed by atoms with van der Waals surface area (Å²) in [5.41, 5.74) is 3.01. The standard InChI is InChI=1S/C11H13NO2/c1-8(12-13)11-10-5-3-2-4-9(10)6-7-14-11/h2-5,11,13H,6-7H2,1H3/b12-8-/t11-/m1/s1. The van der Waals surface area contributed by atoms with E-state index in [1.54, 1.807) is 6.92 Å². The van der Waals surface area contributed by atoms with E-state index in [1.807, 2.05) is 18.2 Å². The smallest absolute Gasteiger partial charge is 0.124 e. The van der Waals surface area contributed by atoms with Gasteiger partial charge in [-0.1, -0.05) is 29.4 Å². The van der Waals surface area contributed by atoms with Gasteiger partial charge in [0.2, 0.25) is 0 Å². The average Bonchev–Trinajstić information content (AvgIpc) is 2.27. The number of ether oxygens (including phenoxy) is 1. The number of hydrogen-bond acceptors (Lipinski definition) is 3. The van der Waals surface area contributed by atoms with Crippen molar-refractivity contribution < 1.29 is 9.94 Å². The van der Waals surface area contributed by atoms with Gasteiger partial charge in [-0.05, 0) is 24.5 Å². The molecule has 0 saturated carbocycles. The van der Waals surface area contributed by atoms with Crippen LogP contribution in [0.2, 0.25) is 0 Å². The second-order valence-electron chi connectivity index (χ2n) is 3.44. The van der Waals surface area contributed by atoms with Crippen molar-refractivity contribution >= 4 is 5.71 Å². The van der Waals surface area contributed by atoms with E-state index in [9.17, 15) is 0 Å². The molecule has 1 heterocycles. The monoisotopic (exact) mass is 191 g/mol. The molecule has 0 amide bonds.